The SMILES string of the molecule is CCNCC1CCNc2c(Br)cccc21. The van der Waals surface area contributed by atoms with Gasteiger partial charge >= 0.3 is 0 Å². The van der Waals surface area contributed by atoms with Crippen LogP contribution in [0.5, 0.6) is 0 Å². The number of fused-ring (bicyclic) bond motifs is 1. The second-order valence-electron chi connectivity index (χ2n) is 3.92. The maximum atomic E-state index is 3.59. The molecule has 0 aliphatic carbocycles. The van der Waals surface area contributed by atoms with Gasteiger partial charge in [-0.05, 0) is 40.5 Å². The minimum Gasteiger partial charge on any atom is -0.384 e. The molecule has 0 saturated heterocycles. The first-order valence-corrected chi connectivity index (χ1v) is 6.35. The normalized spacial score (nSPS) is 19.5. The zero-order valence-corrected chi connectivity index (χ0v) is 10.6. The van der Waals surface area contributed by atoms with Crippen molar-refractivity contribution in [1.82, 2.24) is 5.32 Å². The van der Waals surface area contributed by atoms with Gasteiger partial charge in [0.05, 0.1) is 5.69 Å². The minimum atomic E-state index is 0.652. The van der Waals surface area contributed by atoms with E-state index in [4.69, 9.17) is 0 Å². The van der Waals surface area contributed by atoms with Crippen LogP contribution in [0.4, 0.5) is 5.69 Å². The van der Waals surface area contributed by atoms with E-state index in [1.165, 1.54) is 22.1 Å². The number of rotatable bonds is 3. The summed E-state index contributed by atoms with van der Waals surface area (Å²) in [5.41, 5.74) is 2.73. The Morgan fingerprint density at radius 3 is 3.20 bits per heavy atom. The lowest BCUT2D eigenvalue weighted by Gasteiger charge is -2.27. The predicted molar refractivity (Wildman–Crippen MR) is 68.5 cm³/mol. The second-order valence-corrected chi connectivity index (χ2v) is 4.78. The molecule has 0 spiro atoms. The molecule has 0 radical (unpaired) electrons. The molecule has 1 aliphatic heterocycles. The first kappa shape index (κ1) is 11.0. The van der Waals surface area contributed by atoms with Gasteiger partial charge in [-0.15, -0.1) is 0 Å². The molecule has 2 N–H and O–H groups in total. The number of likely N-dealkylation sites (N-methyl/N-ethyl adjacent to an activating group) is 1. The van der Waals surface area contributed by atoms with Crippen LogP contribution in [0.2, 0.25) is 0 Å². The number of benzene rings is 1. The van der Waals surface area contributed by atoms with E-state index in [-0.39, 0.29) is 0 Å². The van der Waals surface area contributed by atoms with E-state index in [9.17, 15) is 0 Å². The lowest BCUT2D eigenvalue weighted by molar-refractivity contribution is 0.563. The summed E-state index contributed by atoms with van der Waals surface area (Å²) >= 11 is 3.59. The first-order valence-electron chi connectivity index (χ1n) is 5.56. The lowest BCUT2D eigenvalue weighted by Crippen LogP contribution is -2.26. The van der Waals surface area contributed by atoms with Crippen molar-refractivity contribution in [3.8, 4) is 0 Å². The van der Waals surface area contributed by atoms with Crippen LogP contribution >= 0.6 is 15.9 Å². The third-order valence-corrected chi connectivity index (χ3v) is 3.58. The highest BCUT2D eigenvalue weighted by Crippen LogP contribution is 2.36. The van der Waals surface area contributed by atoms with Crippen molar-refractivity contribution in [2.45, 2.75) is 19.3 Å². The highest BCUT2D eigenvalue weighted by molar-refractivity contribution is 9.10. The van der Waals surface area contributed by atoms with E-state index in [1.807, 2.05) is 0 Å². The smallest absolute Gasteiger partial charge is 0.0520 e. The van der Waals surface area contributed by atoms with Gasteiger partial charge in [-0.3, -0.25) is 0 Å². The fraction of sp³-hybridized carbons (Fsp3) is 0.500. The average Bonchev–Trinajstić information content (AvgIpc) is 2.27. The fourth-order valence-electron chi connectivity index (χ4n) is 2.13. The summed E-state index contributed by atoms with van der Waals surface area (Å²) in [5.74, 6) is 0.652. The number of halogens is 1. The molecular weight excluding hydrogens is 252 g/mol. The lowest BCUT2D eigenvalue weighted by atomic mass is 9.91. The molecule has 1 aliphatic rings. The van der Waals surface area contributed by atoms with Gasteiger partial charge in [0, 0.05) is 23.5 Å². The summed E-state index contributed by atoms with van der Waals surface area (Å²) in [6.45, 7) is 5.36. The quantitative estimate of drug-likeness (QED) is 0.881. The summed E-state index contributed by atoms with van der Waals surface area (Å²) in [4.78, 5) is 0. The van der Waals surface area contributed by atoms with Crippen molar-refractivity contribution >= 4 is 21.6 Å². The maximum Gasteiger partial charge on any atom is 0.0520 e. The van der Waals surface area contributed by atoms with Crippen LogP contribution in [-0.4, -0.2) is 19.6 Å². The Hall–Kier alpha value is -0.540. The van der Waals surface area contributed by atoms with Crippen LogP contribution in [0, 0.1) is 0 Å². The van der Waals surface area contributed by atoms with Gasteiger partial charge in [-0.25, -0.2) is 0 Å². The molecule has 0 amide bonds. The van der Waals surface area contributed by atoms with Crippen LogP contribution in [-0.2, 0) is 0 Å². The Bertz CT molecular complexity index is 338. The molecular formula is C12H17BrN2. The third kappa shape index (κ3) is 2.34. The summed E-state index contributed by atoms with van der Waals surface area (Å²) in [6.07, 6.45) is 1.22. The number of hydrogen-bond acceptors (Lipinski definition) is 2. The molecule has 15 heavy (non-hydrogen) atoms. The van der Waals surface area contributed by atoms with Crippen LogP contribution in [0.15, 0.2) is 22.7 Å². The Balaban J connectivity index is 2.22. The molecule has 1 atom stereocenters. The molecule has 82 valence electrons. The topological polar surface area (TPSA) is 24.1 Å². The van der Waals surface area contributed by atoms with Crippen molar-refractivity contribution in [2.24, 2.45) is 0 Å². The van der Waals surface area contributed by atoms with Gasteiger partial charge in [-0.2, -0.15) is 0 Å². The molecule has 0 aromatic heterocycles. The fourth-order valence-corrected chi connectivity index (χ4v) is 2.65. The molecule has 2 rings (SSSR count). The van der Waals surface area contributed by atoms with Crippen molar-refractivity contribution in [2.75, 3.05) is 25.0 Å². The van der Waals surface area contributed by atoms with Crippen LogP contribution < -0.4 is 10.6 Å². The van der Waals surface area contributed by atoms with E-state index in [1.54, 1.807) is 0 Å². The van der Waals surface area contributed by atoms with Gasteiger partial charge in [0.1, 0.15) is 0 Å². The predicted octanol–water partition coefficient (Wildman–Crippen LogP) is 2.96. The maximum absolute atomic E-state index is 3.59. The highest BCUT2D eigenvalue weighted by atomic mass is 79.9. The van der Waals surface area contributed by atoms with Crippen molar-refractivity contribution < 1.29 is 0 Å². The number of nitrogens with one attached hydrogen (secondary N) is 2. The third-order valence-electron chi connectivity index (χ3n) is 2.92. The molecule has 1 unspecified atom stereocenters. The largest absolute Gasteiger partial charge is 0.384 e. The zero-order valence-electron chi connectivity index (χ0n) is 9.02. The van der Waals surface area contributed by atoms with Crippen molar-refractivity contribution in [3.63, 3.8) is 0 Å². The molecule has 3 heteroatoms. The van der Waals surface area contributed by atoms with Crippen LogP contribution in [0.3, 0.4) is 0 Å². The van der Waals surface area contributed by atoms with Crippen molar-refractivity contribution in [1.29, 1.82) is 0 Å². The zero-order chi connectivity index (χ0) is 10.7. The van der Waals surface area contributed by atoms with E-state index in [0.29, 0.717) is 5.92 Å². The minimum absolute atomic E-state index is 0.652. The van der Waals surface area contributed by atoms with Crippen LogP contribution in [0.1, 0.15) is 24.8 Å². The highest BCUT2D eigenvalue weighted by Gasteiger charge is 2.20. The van der Waals surface area contributed by atoms with E-state index in [0.717, 1.165) is 19.6 Å². The summed E-state index contributed by atoms with van der Waals surface area (Å²) in [5, 5.41) is 6.90. The average molecular weight is 269 g/mol. The summed E-state index contributed by atoms with van der Waals surface area (Å²) in [6, 6.07) is 6.45. The molecule has 1 aromatic rings. The Morgan fingerprint density at radius 1 is 1.53 bits per heavy atom. The molecule has 0 bridgehead atoms. The molecule has 1 heterocycles. The number of para-hydroxylation sites is 1. The van der Waals surface area contributed by atoms with Crippen LogP contribution in [0.25, 0.3) is 0 Å². The number of anilines is 1. The Morgan fingerprint density at radius 2 is 2.40 bits per heavy atom. The molecule has 0 fully saturated rings. The summed E-state index contributed by atoms with van der Waals surface area (Å²) in [7, 11) is 0. The molecule has 0 saturated carbocycles. The van der Waals surface area contributed by atoms with E-state index < -0.39 is 0 Å². The summed E-state index contributed by atoms with van der Waals surface area (Å²) < 4.78 is 1.18. The molecule has 1 aromatic carbocycles. The van der Waals surface area contributed by atoms with Gasteiger partial charge in [0.15, 0.2) is 0 Å². The van der Waals surface area contributed by atoms with Gasteiger partial charge in [0.2, 0.25) is 0 Å². The monoisotopic (exact) mass is 268 g/mol. The Kier molecular flexibility index (Phi) is 3.65. The standard InChI is InChI=1S/C12H17BrN2/c1-2-14-8-9-6-7-15-12-10(9)4-3-5-11(12)13/h3-5,9,14-15H,2,6-8H2,1H3. The Labute approximate surface area is 99.6 Å². The second kappa shape index (κ2) is 4.99. The van der Waals surface area contributed by atoms with Gasteiger partial charge in [0.25, 0.3) is 0 Å². The van der Waals surface area contributed by atoms with Gasteiger partial charge in [-0.1, -0.05) is 19.1 Å². The van der Waals surface area contributed by atoms with Crippen molar-refractivity contribution in [3.05, 3.63) is 28.2 Å². The first-order chi connectivity index (χ1) is 7.33. The number of hydrogen-bond donors (Lipinski definition) is 2. The molecule has 2 nitrogen and oxygen atoms in total. The van der Waals surface area contributed by atoms with Gasteiger partial charge < -0.3 is 10.6 Å². The van der Waals surface area contributed by atoms with E-state index >= 15 is 0 Å². The van der Waals surface area contributed by atoms with E-state index in [2.05, 4.69) is 51.7 Å².